The normalized spacial score (nSPS) is 21.0. The van der Waals surface area contributed by atoms with E-state index in [0.717, 1.165) is 5.71 Å². The van der Waals surface area contributed by atoms with Crippen LogP contribution >= 0.6 is 0 Å². The summed E-state index contributed by atoms with van der Waals surface area (Å²) in [6.45, 7) is 0. The van der Waals surface area contributed by atoms with Crippen molar-refractivity contribution in [3.8, 4) is 0 Å². The van der Waals surface area contributed by atoms with Gasteiger partial charge in [0.15, 0.2) is 0 Å². The van der Waals surface area contributed by atoms with Gasteiger partial charge in [-0.1, -0.05) is 72.8 Å². The fraction of sp³-hybridized carbons (Fsp3) is 0.105. The Kier molecular flexibility index (Phi) is 2.70. The van der Waals surface area contributed by atoms with Crippen molar-refractivity contribution in [2.45, 2.75) is 11.8 Å². The Morgan fingerprint density at radius 1 is 0.762 bits per heavy atom. The molecule has 0 heterocycles. The quantitative estimate of drug-likeness (QED) is 0.444. The van der Waals surface area contributed by atoms with Gasteiger partial charge in [-0.2, -0.15) is 4.79 Å². The van der Waals surface area contributed by atoms with Crippen LogP contribution in [-0.2, 0) is 0 Å². The van der Waals surface area contributed by atoms with Gasteiger partial charge in [0.1, 0.15) is 11.8 Å². The van der Waals surface area contributed by atoms with Crippen LogP contribution in [0.3, 0.4) is 0 Å². The highest BCUT2D eigenvalue weighted by Gasteiger charge is 2.36. The van der Waals surface area contributed by atoms with E-state index in [0.29, 0.717) is 0 Å². The fourth-order valence-corrected chi connectivity index (χ4v) is 3.33. The van der Waals surface area contributed by atoms with Crippen LogP contribution < -0.4 is 0 Å². The largest absolute Gasteiger partial charge is 0.362 e. The van der Waals surface area contributed by atoms with Crippen molar-refractivity contribution in [2.24, 2.45) is 0 Å². The molecule has 0 spiro atoms. The third-order valence-electron chi connectivity index (χ3n) is 4.35. The molecular weight excluding hydrogens is 256 g/mol. The second kappa shape index (κ2) is 4.69. The first-order valence-corrected chi connectivity index (χ1v) is 7.14. The van der Waals surface area contributed by atoms with E-state index < -0.39 is 0 Å². The highest BCUT2D eigenvalue weighted by molar-refractivity contribution is 6.00. The minimum absolute atomic E-state index is 0.0482. The van der Waals surface area contributed by atoms with Crippen molar-refractivity contribution in [2.75, 3.05) is 0 Å². The predicted molar refractivity (Wildman–Crippen MR) is 85.1 cm³/mol. The number of benzene rings is 2. The third-order valence-corrected chi connectivity index (χ3v) is 4.35. The molecular formula is C19H14N2. The summed E-state index contributed by atoms with van der Waals surface area (Å²) in [5.41, 5.74) is 15.2. The van der Waals surface area contributed by atoms with E-state index in [1.54, 1.807) is 0 Å². The van der Waals surface area contributed by atoms with Gasteiger partial charge in [0.05, 0.1) is 0 Å². The Bertz CT molecular complexity index is 759. The fourth-order valence-electron chi connectivity index (χ4n) is 3.33. The molecule has 0 saturated carbocycles. The molecule has 2 aromatic rings. The van der Waals surface area contributed by atoms with Gasteiger partial charge in [0.2, 0.25) is 0 Å². The van der Waals surface area contributed by atoms with Gasteiger partial charge in [-0.3, -0.25) is 0 Å². The summed E-state index contributed by atoms with van der Waals surface area (Å²) in [4.78, 5) is 3.66. The number of fused-ring (bicyclic) bond motifs is 2. The summed E-state index contributed by atoms with van der Waals surface area (Å²) in [6.07, 6.45) is 8.45. The SMILES string of the molecule is [N-]=[N+]=C(C1C=Cc2ccccc21)C1C=Cc2ccccc21. The van der Waals surface area contributed by atoms with Gasteiger partial charge in [-0.05, 0) is 22.3 Å². The summed E-state index contributed by atoms with van der Waals surface area (Å²) < 4.78 is 0. The van der Waals surface area contributed by atoms with Gasteiger partial charge in [-0.15, -0.1) is 0 Å². The maximum Gasteiger partial charge on any atom is 0.291 e. The number of allylic oxidation sites excluding steroid dienone is 2. The summed E-state index contributed by atoms with van der Waals surface area (Å²) in [6, 6.07) is 16.5. The maximum absolute atomic E-state index is 9.62. The van der Waals surface area contributed by atoms with Gasteiger partial charge in [0, 0.05) is 0 Å². The predicted octanol–water partition coefficient (Wildman–Crippen LogP) is 4.28. The van der Waals surface area contributed by atoms with Crippen LogP contribution in [0.15, 0.2) is 60.7 Å². The van der Waals surface area contributed by atoms with Gasteiger partial charge in [-0.25, -0.2) is 0 Å². The molecule has 2 heteroatoms. The molecule has 2 unspecified atom stereocenters. The lowest BCUT2D eigenvalue weighted by Crippen LogP contribution is -2.18. The zero-order valence-electron chi connectivity index (χ0n) is 11.5. The first kappa shape index (κ1) is 12.1. The van der Waals surface area contributed by atoms with Gasteiger partial charge >= 0.3 is 0 Å². The molecule has 0 N–H and O–H groups in total. The summed E-state index contributed by atoms with van der Waals surface area (Å²) in [5, 5.41) is 0. The molecule has 2 nitrogen and oxygen atoms in total. The molecule has 0 fully saturated rings. The zero-order valence-corrected chi connectivity index (χ0v) is 11.5. The number of hydrogen-bond donors (Lipinski definition) is 0. The molecule has 0 saturated heterocycles. The Morgan fingerprint density at radius 3 is 1.71 bits per heavy atom. The van der Waals surface area contributed by atoms with E-state index >= 15 is 0 Å². The molecule has 2 aromatic carbocycles. The van der Waals surface area contributed by atoms with E-state index in [4.69, 9.17) is 0 Å². The Balaban J connectivity index is 1.78. The third kappa shape index (κ3) is 1.81. The van der Waals surface area contributed by atoms with Crippen LogP contribution in [0.25, 0.3) is 17.7 Å². The number of rotatable bonds is 2. The Labute approximate surface area is 123 Å². The highest BCUT2D eigenvalue weighted by Crippen LogP contribution is 2.38. The molecule has 2 aliphatic carbocycles. The molecule has 21 heavy (non-hydrogen) atoms. The first-order valence-electron chi connectivity index (χ1n) is 7.14. The second-order valence-corrected chi connectivity index (χ2v) is 5.46. The molecule has 0 aromatic heterocycles. The van der Waals surface area contributed by atoms with Crippen LogP contribution in [-0.4, -0.2) is 10.5 Å². The van der Waals surface area contributed by atoms with Gasteiger partial charge < -0.3 is 5.53 Å². The van der Waals surface area contributed by atoms with E-state index in [2.05, 4.69) is 53.4 Å². The molecule has 2 aliphatic rings. The summed E-state index contributed by atoms with van der Waals surface area (Å²) in [7, 11) is 0. The van der Waals surface area contributed by atoms with Crippen LogP contribution in [0.5, 0.6) is 0 Å². The number of hydrogen-bond acceptors (Lipinski definition) is 0. The molecule has 0 bridgehead atoms. The minimum Gasteiger partial charge on any atom is -0.362 e. The lowest BCUT2D eigenvalue weighted by molar-refractivity contribution is -0.0123. The highest BCUT2D eigenvalue weighted by atomic mass is 14.9. The van der Waals surface area contributed by atoms with E-state index in [-0.39, 0.29) is 11.8 Å². The van der Waals surface area contributed by atoms with Crippen LogP contribution in [0, 0.1) is 0 Å². The van der Waals surface area contributed by atoms with Crippen molar-refractivity contribution < 1.29 is 4.79 Å². The van der Waals surface area contributed by atoms with Crippen molar-refractivity contribution in [1.82, 2.24) is 0 Å². The molecule has 0 aliphatic heterocycles. The lowest BCUT2D eigenvalue weighted by Gasteiger charge is -2.12. The molecule has 0 amide bonds. The zero-order chi connectivity index (χ0) is 14.2. The molecule has 4 rings (SSSR count). The van der Waals surface area contributed by atoms with E-state index in [1.165, 1.54) is 22.3 Å². The summed E-state index contributed by atoms with van der Waals surface area (Å²) >= 11 is 0. The molecule has 100 valence electrons. The summed E-state index contributed by atoms with van der Waals surface area (Å²) in [5.74, 6) is 0.0963. The van der Waals surface area contributed by atoms with Crippen LogP contribution in [0.1, 0.15) is 34.1 Å². The topological polar surface area (TPSA) is 36.4 Å². The van der Waals surface area contributed by atoms with E-state index in [9.17, 15) is 5.53 Å². The minimum atomic E-state index is 0.0482. The van der Waals surface area contributed by atoms with Gasteiger partial charge in [0.25, 0.3) is 5.71 Å². The van der Waals surface area contributed by atoms with Crippen LogP contribution in [0.2, 0.25) is 0 Å². The lowest BCUT2D eigenvalue weighted by atomic mass is 9.85. The average Bonchev–Trinajstić information content (AvgIpc) is 3.14. The molecule has 2 atom stereocenters. The average molecular weight is 270 g/mol. The molecule has 0 radical (unpaired) electrons. The Hall–Kier alpha value is -2.70. The Morgan fingerprint density at radius 2 is 1.24 bits per heavy atom. The van der Waals surface area contributed by atoms with Crippen molar-refractivity contribution in [3.05, 3.63) is 88.5 Å². The monoisotopic (exact) mass is 270 g/mol. The van der Waals surface area contributed by atoms with Crippen molar-refractivity contribution in [1.29, 1.82) is 0 Å². The second-order valence-electron chi connectivity index (χ2n) is 5.46. The van der Waals surface area contributed by atoms with Crippen LogP contribution in [0.4, 0.5) is 0 Å². The van der Waals surface area contributed by atoms with Crippen molar-refractivity contribution in [3.63, 3.8) is 0 Å². The van der Waals surface area contributed by atoms with E-state index in [1.807, 2.05) is 24.3 Å². The first-order chi connectivity index (χ1) is 10.4. The number of nitrogens with zero attached hydrogens (tertiary/aromatic N) is 2. The smallest absolute Gasteiger partial charge is 0.291 e. The standard InChI is InChI=1S/C19H14N2/c20-21-19(17-11-9-13-5-1-3-7-15(13)17)18-12-10-14-6-2-4-8-16(14)18/h1-12,17-18H. The maximum atomic E-state index is 9.62. The van der Waals surface area contributed by atoms with Crippen molar-refractivity contribution >= 4 is 17.9 Å².